The molecule has 0 bridgehead atoms. The van der Waals surface area contributed by atoms with Crippen LogP contribution in [-0.2, 0) is 9.59 Å². The topological polar surface area (TPSA) is 62.3 Å². The summed E-state index contributed by atoms with van der Waals surface area (Å²) in [6.07, 6.45) is 2.85. The molecular formula is C29H24ClF2N3O2. The summed E-state index contributed by atoms with van der Waals surface area (Å²) >= 11 is 5.22. The van der Waals surface area contributed by atoms with Gasteiger partial charge in [-0.2, -0.15) is 8.78 Å². The maximum absolute atomic E-state index is 14.3. The van der Waals surface area contributed by atoms with E-state index in [0.717, 1.165) is 21.6 Å². The lowest BCUT2D eigenvalue weighted by atomic mass is 10.0. The molecule has 3 aromatic carbocycles. The number of rotatable bonds is 8. The molecule has 4 aromatic rings. The van der Waals surface area contributed by atoms with Crippen LogP contribution >= 0.6 is 11.6 Å². The number of hydrogen-bond acceptors (Lipinski definition) is 3. The lowest BCUT2D eigenvalue weighted by molar-refractivity contribution is -0.135. The highest BCUT2D eigenvalue weighted by Crippen LogP contribution is 2.35. The van der Waals surface area contributed by atoms with Crippen LogP contribution in [-0.4, -0.2) is 22.2 Å². The van der Waals surface area contributed by atoms with Gasteiger partial charge in [0.1, 0.15) is 6.04 Å². The quantitative estimate of drug-likeness (QED) is 0.269. The van der Waals surface area contributed by atoms with Gasteiger partial charge in [0, 0.05) is 23.6 Å². The average Bonchev–Trinajstić information content (AvgIpc) is 2.92. The molecule has 0 fully saturated rings. The molecule has 2 unspecified atom stereocenters. The van der Waals surface area contributed by atoms with Gasteiger partial charge in [0.15, 0.2) is 0 Å². The number of benzene rings is 3. The van der Waals surface area contributed by atoms with Gasteiger partial charge in [-0.25, -0.2) is 0 Å². The Hall–Kier alpha value is -4.10. The lowest BCUT2D eigenvalue weighted by Crippen LogP contribution is -2.49. The number of hydrogen-bond donors (Lipinski definition) is 1. The summed E-state index contributed by atoms with van der Waals surface area (Å²) in [6, 6.07) is 26.2. The molecule has 0 saturated heterocycles. The van der Waals surface area contributed by atoms with E-state index in [1.807, 2.05) is 60.7 Å². The first-order valence-electron chi connectivity index (χ1n) is 11.6. The maximum Gasteiger partial charge on any atom is 0.400 e. The molecule has 0 aliphatic carbocycles. The Morgan fingerprint density at radius 2 is 1.41 bits per heavy atom. The first-order valence-corrected chi connectivity index (χ1v) is 11.9. The Morgan fingerprint density at radius 3 is 1.97 bits per heavy atom. The van der Waals surface area contributed by atoms with Gasteiger partial charge in [-0.3, -0.25) is 19.5 Å². The first-order chi connectivity index (χ1) is 17.8. The lowest BCUT2D eigenvalue weighted by Gasteiger charge is -2.33. The minimum atomic E-state index is -4.25. The van der Waals surface area contributed by atoms with E-state index in [1.165, 1.54) is 24.5 Å². The SMILES string of the molecule is CC(NC(=O)C(c1cccnc1)N(C(=O)C(F)(F)Cl)c1ccc(-c2ccccc2)cc1)c1ccccc1. The van der Waals surface area contributed by atoms with E-state index in [2.05, 4.69) is 10.3 Å². The van der Waals surface area contributed by atoms with E-state index in [9.17, 15) is 18.4 Å². The van der Waals surface area contributed by atoms with Crippen molar-refractivity contribution in [1.29, 1.82) is 0 Å². The molecular weight excluding hydrogens is 496 g/mol. The molecule has 0 radical (unpaired) electrons. The fourth-order valence-electron chi connectivity index (χ4n) is 4.04. The molecule has 188 valence electrons. The number of halogens is 3. The number of anilines is 1. The molecule has 1 aromatic heterocycles. The van der Waals surface area contributed by atoms with Gasteiger partial charge < -0.3 is 5.32 Å². The van der Waals surface area contributed by atoms with Crippen LogP contribution in [0.2, 0.25) is 0 Å². The van der Waals surface area contributed by atoms with Gasteiger partial charge in [0.2, 0.25) is 5.91 Å². The molecule has 37 heavy (non-hydrogen) atoms. The van der Waals surface area contributed by atoms with Gasteiger partial charge in [-0.1, -0.05) is 78.9 Å². The van der Waals surface area contributed by atoms with Gasteiger partial charge in [0.25, 0.3) is 0 Å². The van der Waals surface area contributed by atoms with E-state index in [4.69, 9.17) is 11.6 Å². The zero-order valence-electron chi connectivity index (χ0n) is 19.9. The van der Waals surface area contributed by atoms with Crippen LogP contribution < -0.4 is 10.2 Å². The number of carbonyl (C=O) groups excluding carboxylic acids is 2. The van der Waals surface area contributed by atoms with Gasteiger partial charge in [0.05, 0.1) is 6.04 Å². The molecule has 4 rings (SSSR count). The van der Waals surface area contributed by atoms with Crippen molar-refractivity contribution in [2.75, 3.05) is 4.90 Å². The number of nitrogens with one attached hydrogen (secondary N) is 1. The van der Waals surface area contributed by atoms with Crippen molar-refractivity contribution in [3.63, 3.8) is 0 Å². The Balaban J connectivity index is 1.77. The predicted octanol–water partition coefficient (Wildman–Crippen LogP) is 6.53. The third-order valence-electron chi connectivity index (χ3n) is 5.88. The summed E-state index contributed by atoms with van der Waals surface area (Å²) < 4.78 is 28.6. The second kappa shape index (κ2) is 11.3. The number of amides is 2. The van der Waals surface area contributed by atoms with E-state index in [1.54, 1.807) is 31.2 Å². The van der Waals surface area contributed by atoms with Crippen LogP contribution in [0.3, 0.4) is 0 Å². The second-order valence-electron chi connectivity index (χ2n) is 8.42. The van der Waals surface area contributed by atoms with E-state index >= 15 is 0 Å². The third kappa shape index (κ3) is 6.19. The number of aromatic nitrogens is 1. The fraction of sp³-hybridized carbons (Fsp3) is 0.138. The summed E-state index contributed by atoms with van der Waals surface area (Å²) in [5.74, 6) is -2.39. The van der Waals surface area contributed by atoms with Crippen molar-refractivity contribution in [1.82, 2.24) is 10.3 Å². The summed E-state index contributed by atoms with van der Waals surface area (Å²) in [5.41, 5.74) is 2.87. The van der Waals surface area contributed by atoms with Crippen molar-refractivity contribution in [3.05, 3.63) is 121 Å². The number of pyridine rings is 1. The molecule has 1 heterocycles. The number of nitrogens with zero attached hydrogens (tertiary/aromatic N) is 2. The van der Waals surface area contributed by atoms with Crippen molar-refractivity contribution >= 4 is 29.1 Å². The zero-order valence-corrected chi connectivity index (χ0v) is 20.6. The van der Waals surface area contributed by atoms with Gasteiger partial charge in [-0.05, 0) is 53.4 Å². The molecule has 8 heteroatoms. The molecule has 2 amide bonds. The molecule has 0 aliphatic heterocycles. The second-order valence-corrected chi connectivity index (χ2v) is 8.89. The van der Waals surface area contributed by atoms with Crippen molar-refractivity contribution in [2.45, 2.75) is 24.4 Å². The van der Waals surface area contributed by atoms with Crippen molar-refractivity contribution < 1.29 is 18.4 Å². The summed E-state index contributed by atoms with van der Waals surface area (Å²) in [6.45, 7) is 1.77. The number of carbonyl (C=O) groups is 2. The Labute approximate surface area is 218 Å². The van der Waals surface area contributed by atoms with Crippen LogP contribution in [0.1, 0.15) is 30.1 Å². The highest BCUT2D eigenvalue weighted by molar-refractivity contribution is 6.34. The monoisotopic (exact) mass is 519 g/mol. The maximum atomic E-state index is 14.3. The highest BCUT2D eigenvalue weighted by atomic mass is 35.5. The molecule has 0 saturated carbocycles. The minimum absolute atomic E-state index is 0.0846. The van der Waals surface area contributed by atoms with Crippen LogP contribution in [0.4, 0.5) is 14.5 Å². The first kappa shape index (κ1) is 26.0. The fourth-order valence-corrected chi connectivity index (χ4v) is 4.13. The summed E-state index contributed by atoms with van der Waals surface area (Å²) in [5, 5.41) is -1.41. The van der Waals surface area contributed by atoms with Crippen molar-refractivity contribution in [3.8, 4) is 11.1 Å². The van der Waals surface area contributed by atoms with Gasteiger partial charge >= 0.3 is 11.3 Å². The molecule has 0 aliphatic rings. The van der Waals surface area contributed by atoms with Crippen LogP contribution in [0.15, 0.2) is 109 Å². The minimum Gasteiger partial charge on any atom is -0.347 e. The smallest absolute Gasteiger partial charge is 0.347 e. The van der Waals surface area contributed by atoms with E-state index in [-0.39, 0.29) is 11.3 Å². The molecule has 0 spiro atoms. The van der Waals surface area contributed by atoms with Crippen molar-refractivity contribution in [2.24, 2.45) is 0 Å². The van der Waals surface area contributed by atoms with E-state index < -0.39 is 29.3 Å². The Kier molecular flexibility index (Phi) is 7.94. The van der Waals surface area contributed by atoms with Crippen LogP contribution in [0, 0.1) is 0 Å². The predicted molar refractivity (Wildman–Crippen MR) is 140 cm³/mol. The van der Waals surface area contributed by atoms with Gasteiger partial charge in [-0.15, -0.1) is 0 Å². The largest absolute Gasteiger partial charge is 0.400 e. The summed E-state index contributed by atoms with van der Waals surface area (Å²) in [7, 11) is 0. The van der Waals surface area contributed by atoms with Crippen LogP contribution in [0.5, 0.6) is 0 Å². The number of alkyl halides is 3. The molecule has 5 nitrogen and oxygen atoms in total. The molecule has 2 atom stereocenters. The molecule has 1 N–H and O–H groups in total. The Bertz CT molecular complexity index is 1330. The third-order valence-corrected chi connectivity index (χ3v) is 6.04. The standard InChI is InChI=1S/C29H24ClF2N3O2/c1-20(21-9-4-2-5-10-21)34-27(36)26(24-13-8-18-33-19-24)35(28(37)29(30,31)32)25-16-14-23(15-17-25)22-11-6-3-7-12-22/h2-20,26H,1H3,(H,34,36). The normalized spacial score (nSPS) is 12.9. The van der Waals surface area contributed by atoms with Crippen LogP contribution in [0.25, 0.3) is 11.1 Å². The van der Waals surface area contributed by atoms with E-state index in [0.29, 0.717) is 0 Å². The average molecular weight is 520 g/mol. The zero-order chi connectivity index (χ0) is 26.4. The highest BCUT2D eigenvalue weighted by Gasteiger charge is 2.45. The Morgan fingerprint density at radius 1 is 0.838 bits per heavy atom. The summed E-state index contributed by atoms with van der Waals surface area (Å²) in [4.78, 5) is 31.4.